The van der Waals surface area contributed by atoms with Gasteiger partial charge in [0.1, 0.15) is 4.21 Å². The molecule has 24 heavy (non-hydrogen) atoms. The van der Waals surface area contributed by atoms with Gasteiger partial charge in [-0.3, -0.25) is 9.10 Å². The van der Waals surface area contributed by atoms with Gasteiger partial charge in [0.05, 0.1) is 5.69 Å². The molecule has 0 spiro atoms. The average Bonchev–Trinajstić information content (AvgIpc) is 3.28. The van der Waals surface area contributed by atoms with Crippen molar-refractivity contribution in [2.24, 2.45) is 5.92 Å². The van der Waals surface area contributed by atoms with E-state index in [4.69, 9.17) is 0 Å². The quantitative estimate of drug-likeness (QED) is 0.908. The molecule has 0 atom stereocenters. The Kier molecular flexibility index (Phi) is 3.85. The number of rotatable bonds is 4. The highest BCUT2D eigenvalue weighted by Crippen LogP contribution is 2.35. The van der Waals surface area contributed by atoms with Crippen molar-refractivity contribution in [1.82, 2.24) is 0 Å². The summed E-state index contributed by atoms with van der Waals surface area (Å²) in [5, 5.41) is 4.70. The van der Waals surface area contributed by atoms with Gasteiger partial charge in [0.25, 0.3) is 10.0 Å². The van der Waals surface area contributed by atoms with Gasteiger partial charge in [-0.2, -0.15) is 0 Å². The van der Waals surface area contributed by atoms with Crippen LogP contribution in [0.4, 0.5) is 11.4 Å². The molecule has 0 bridgehead atoms. The van der Waals surface area contributed by atoms with Crippen molar-refractivity contribution in [3.05, 3.63) is 41.3 Å². The molecule has 1 aliphatic carbocycles. The number of nitrogens with one attached hydrogen (secondary N) is 1. The number of carbonyl (C=O) groups excluding carboxylic acids is 1. The van der Waals surface area contributed by atoms with Crippen LogP contribution < -0.4 is 9.62 Å². The van der Waals surface area contributed by atoms with E-state index in [9.17, 15) is 13.2 Å². The van der Waals surface area contributed by atoms with Crippen molar-refractivity contribution in [2.45, 2.75) is 29.9 Å². The van der Waals surface area contributed by atoms with E-state index in [1.54, 1.807) is 23.6 Å². The molecule has 1 amide bonds. The van der Waals surface area contributed by atoms with E-state index >= 15 is 0 Å². The van der Waals surface area contributed by atoms with E-state index in [0.717, 1.165) is 42.6 Å². The average molecular weight is 362 g/mol. The van der Waals surface area contributed by atoms with Crippen LogP contribution in [0.25, 0.3) is 0 Å². The molecule has 1 N–H and O–H groups in total. The third-order valence-electron chi connectivity index (χ3n) is 4.41. The second-order valence-electron chi connectivity index (χ2n) is 6.22. The lowest BCUT2D eigenvalue weighted by Crippen LogP contribution is -2.35. The summed E-state index contributed by atoms with van der Waals surface area (Å²) in [6.07, 6.45) is 3.52. The number of nitrogens with zero attached hydrogens (tertiary/aromatic N) is 1. The second-order valence-corrected chi connectivity index (χ2v) is 9.26. The van der Waals surface area contributed by atoms with Gasteiger partial charge in [-0.1, -0.05) is 6.07 Å². The lowest BCUT2D eigenvalue weighted by Gasteiger charge is -2.30. The minimum atomic E-state index is -3.51. The highest BCUT2D eigenvalue weighted by Gasteiger charge is 2.31. The first-order valence-corrected chi connectivity index (χ1v) is 10.4. The van der Waals surface area contributed by atoms with Crippen LogP contribution in [0.5, 0.6) is 0 Å². The van der Waals surface area contributed by atoms with Gasteiger partial charge in [-0.25, -0.2) is 8.42 Å². The highest BCUT2D eigenvalue weighted by atomic mass is 32.2. The number of carbonyl (C=O) groups is 1. The molecule has 4 rings (SSSR count). The summed E-state index contributed by atoms with van der Waals surface area (Å²) >= 11 is 1.23. The molecule has 2 aromatic rings. The number of fused-ring (bicyclic) bond motifs is 1. The zero-order chi connectivity index (χ0) is 16.7. The minimum Gasteiger partial charge on any atom is -0.326 e. The molecular weight excluding hydrogens is 344 g/mol. The fourth-order valence-corrected chi connectivity index (χ4v) is 5.64. The number of hydrogen-bond acceptors (Lipinski definition) is 4. The number of thiophene rings is 1. The molecule has 7 heteroatoms. The number of aryl methyl sites for hydroxylation is 1. The summed E-state index contributed by atoms with van der Waals surface area (Å²) in [6.45, 7) is 0.487. The van der Waals surface area contributed by atoms with Gasteiger partial charge in [0.2, 0.25) is 5.91 Å². The number of amides is 1. The summed E-state index contributed by atoms with van der Waals surface area (Å²) in [6, 6.07) is 8.90. The van der Waals surface area contributed by atoms with Crippen molar-refractivity contribution in [1.29, 1.82) is 0 Å². The maximum atomic E-state index is 12.8. The highest BCUT2D eigenvalue weighted by molar-refractivity contribution is 7.94. The molecule has 0 unspecified atom stereocenters. The molecule has 2 heterocycles. The van der Waals surface area contributed by atoms with E-state index in [-0.39, 0.29) is 11.8 Å². The predicted molar refractivity (Wildman–Crippen MR) is 95.0 cm³/mol. The van der Waals surface area contributed by atoms with E-state index in [1.807, 2.05) is 12.1 Å². The first kappa shape index (κ1) is 15.7. The molecule has 1 fully saturated rings. The molecule has 1 aromatic carbocycles. The Hall–Kier alpha value is -1.86. The van der Waals surface area contributed by atoms with Gasteiger partial charge in [-0.05, 0) is 60.9 Å². The standard InChI is InChI=1S/C17H18N2O3S2/c20-17(12-5-6-12)18-14-7-8-15-13(11-14)3-1-9-19(15)24(21,22)16-4-2-10-23-16/h2,4,7-8,10-12H,1,3,5-6,9H2,(H,18,20). The Morgan fingerprint density at radius 3 is 2.79 bits per heavy atom. The summed E-state index contributed by atoms with van der Waals surface area (Å²) in [7, 11) is -3.51. The Morgan fingerprint density at radius 2 is 2.08 bits per heavy atom. The fraction of sp³-hybridized carbons (Fsp3) is 0.353. The molecule has 126 valence electrons. The van der Waals surface area contributed by atoms with Crippen LogP contribution in [0.2, 0.25) is 0 Å². The maximum Gasteiger partial charge on any atom is 0.273 e. The molecule has 0 radical (unpaired) electrons. The molecule has 2 aliphatic rings. The van der Waals surface area contributed by atoms with Crippen molar-refractivity contribution in [3.8, 4) is 0 Å². The van der Waals surface area contributed by atoms with Crippen LogP contribution in [0.3, 0.4) is 0 Å². The minimum absolute atomic E-state index is 0.0637. The van der Waals surface area contributed by atoms with Gasteiger partial charge < -0.3 is 5.32 Å². The zero-order valence-corrected chi connectivity index (χ0v) is 14.7. The van der Waals surface area contributed by atoms with Crippen molar-refractivity contribution in [3.63, 3.8) is 0 Å². The summed E-state index contributed by atoms with van der Waals surface area (Å²) in [4.78, 5) is 11.9. The molecule has 1 saturated carbocycles. The maximum absolute atomic E-state index is 12.8. The smallest absolute Gasteiger partial charge is 0.273 e. The van der Waals surface area contributed by atoms with Gasteiger partial charge in [0, 0.05) is 18.2 Å². The lowest BCUT2D eigenvalue weighted by molar-refractivity contribution is -0.117. The summed E-state index contributed by atoms with van der Waals surface area (Å²) in [5.74, 6) is 0.213. The van der Waals surface area contributed by atoms with Crippen LogP contribution in [0, 0.1) is 5.92 Å². The van der Waals surface area contributed by atoms with Gasteiger partial charge >= 0.3 is 0 Å². The van der Waals surface area contributed by atoms with E-state index in [1.165, 1.54) is 15.6 Å². The number of anilines is 2. The summed E-state index contributed by atoms with van der Waals surface area (Å²) in [5.41, 5.74) is 2.44. The number of sulfonamides is 1. The van der Waals surface area contributed by atoms with Crippen LogP contribution in [0.1, 0.15) is 24.8 Å². The van der Waals surface area contributed by atoms with Gasteiger partial charge in [-0.15, -0.1) is 11.3 Å². The van der Waals surface area contributed by atoms with Crippen LogP contribution in [0.15, 0.2) is 39.9 Å². The molecule has 1 aromatic heterocycles. The first-order chi connectivity index (χ1) is 11.6. The van der Waals surface area contributed by atoms with Crippen molar-refractivity contribution in [2.75, 3.05) is 16.2 Å². The van der Waals surface area contributed by atoms with E-state index in [2.05, 4.69) is 5.32 Å². The SMILES string of the molecule is O=C(Nc1ccc2c(c1)CCCN2S(=O)(=O)c1cccs1)C1CC1. The second kappa shape index (κ2) is 5.89. The molecular formula is C17H18N2O3S2. The topological polar surface area (TPSA) is 66.5 Å². The first-order valence-electron chi connectivity index (χ1n) is 8.06. The normalized spacial score (nSPS) is 17.4. The van der Waals surface area contributed by atoms with Crippen LogP contribution in [-0.4, -0.2) is 20.9 Å². The largest absolute Gasteiger partial charge is 0.326 e. The zero-order valence-electron chi connectivity index (χ0n) is 13.1. The van der Waals surface area contributed by atoms with E-state index in [0.29, 0.717) is 10.8 Å². The Morgan fingerprint density at radius 1 is 1.25 bits per heavy atom. The van der Waals surface area contributed by atoms with Crippen LogP contribution in [-0.2, 0) is 21.2 Å². The van der Waals surface area contributed by atoms with Crippen LogP contribution >= 0.6 is 11.3 Å². The molecule has 1 aliphatic heterocycles. The Labute approximate surface area is 145 Å². The molecule has 5 nitrogen and oxygen atoms in total. The molecule has 0 saturated heterocycles. The van der Waals surface area contributed by atoms with E-state index < -0.39 is 10.0 Å². The summed E-state index contributed by atoms with van der Waals surface area (Å²) < 4.78 is 27.5. The third-order valence-corrected chi connectivity index (χ3v) is 7.60. The predicted octanol–water partition coefficient (Wildman–Crippen LogP) is 3.24. The van der Waals surface area contributed by atoms with Gasteiger partial charge in [0.15, 0.2) is 0 Å². The Balaban J connectivity index is 1.64. The Bertz CT molecular complexity index is 871. The lowest BCUT2D eigenvalue weighted by atomic mass is 10.0. The third kappa shape index (κ3) is 2.82. The monoisotopic (exact) mass is 362 g/mol. The number of benzene rings is 1. The van der Waals surface area contributed by atoms with Crippen molar-refractivity contribution < 1.29 is 13.2 Å². The van der Waals surface area contributed by atoms with Crippen molar-refractivity contribution >= 4 is 38.6 Å². The number of hydrogen-bond donors (Lipinski definition) is 1. The fourth-order valence-electron chi connectivity index (χ4n) is 3.00.